The summed E-state index contributed by atoms with van der Waals surface area (Å²) in [5, 5.41) is 10.5. The lowest BCUT2D eigenvalue weighted by Gasteiger charge is -2.23. The first-order valence-electron chi connectivity index (χ1n) is 10.6. The number of nitrogens with zero attached hydrogens (tertiary/aromatic N) is 1. The number of carbonyl (C=O) groups excluding carboxylic acids is 1. The van der Waals surface area contributed by atoms with Crippen LogP contribution in [0.3, 0.4) is 0 Å². The third-order valence-corrected chi connectivity index (χ3v) is 5.33. The number of ether oxygens (including phenoxy) is 1. The van der Waals surface area contributed by atoms with Crippen molar-refractivity contribution in [2.75, 3.05) is 13.1 Å². The Kier molecular flexibility index (Phi) is 7.10. The van der Waals surface area contributed by atoms with E-state index in [1.807, 2.05) is 31.2 Å². The molecule has 0 amide bonds. The van der Waals surface area contributed by atoms with E-state index in [4.69, 9.17) is 4.74 Å². The van der Waals surface area contributed by atoms with Gasteiger partial charge in [0.2, 0.25) is 5.78 Å². The van der Waals surface area contributed by atoms with E-state index < -0.39 is 0 Å². The van der Waals surface area contributed by atoms with E-state index >= 15 is 0 Å². The van der Waals surface area contributed by atoms with Gasteiger partial charge in [0.1, 0.15) is 11.5 Å². The lowest BCUT2D eigenvalue weighted by atomic mass is 10.0. The minimum absolute atomic E-state index is 0.129. The Balaban J connectivity index is 1.88. The fourth-order valence-electron chi connectivity index (χ4n) is 3.52. The summed E-state index contributed by atoms with van der Waals surface area (Å²) in [5.41, 5.74) is 3.32. The van der Waals surface area contributed by atoms with E-state index in [1.54, 1.807) is 18.2 Å². The van der Waals surface area contributed by atoms with Crippen molar-refractivity contribution < 1.29 is 14.6 Å². The molecule has 154 valence electrons. The van der Waals surface area contributed by atoms with E-state index in [2.05, 4.69) is 18.7 Å². The van der Waals surface area contributed by atoms with Gasteiger partial charge in [-0.15, -0.1) is 0 Å². The molecule has 0 saturated carbocycles. The minimum Gasteiger partial charge on any atom is -0.507 e. The molecule has 4 heteroatoms. The number of allylic oxidation sites excluding steroid dienone is 1. The van der Waals surface area contributed by atoms with Crippen molar-refractivity contribution in [2.24, 2.45) is 0 Å². The number of benzene rings is 2. The maximum atomic E-state index is 12.9. The van der Waals surface area contributed by atoms with Crippen LogP contribution in [-0.4, -0.2) is 28.9 Å². The van der Waals surface area contributed by atoms with Crippen molar-refractivity contribution in [3.8, 4) is 11.5 Å². The summed E-state index contributed by atoms with van der Waals surface area (Å²) in [7, 11) is 0. The SMILES string of the molecule is CCCCN(CCCC)Cc1c(O)ccc2c1O/C(=C/c1ccc(C)cc1)C2=O. The van der Waals surface area contributed by atoms with Crippen molar-refractivity contribution in [3.63, 3.8) is 0 Å². The molecule has 0 atom stereocenters. The molecule has 0 spiro atoms. The van der Waals surface area contributed by atoms with Gasteiger partial charge in [-0.05, 0) is 56.6 Å². The Morgan fingerprint density at radius 2 is 1.66 bits per heavy atom. The zero-order valence-corrected chi connectivity index (χ0v) is 17.7. The van der Waals surface area contributed by atoms with Crippen molar-refractivity contribution in [3.05, 3.63) is 64.4 Å². The first kappa shape index (κ1) is 21.1. The van der Waals surface area contributed by atoms with Crippen LogP contribution in [0.15, 0.2) is 42.2 Å². The van der Waals surface area contributed by atoms with Crippen molar-refractivity contribution >= 4 is 11.9 Å². The molecule has 0 bridgehead atoms. The number of aromatic hydroxyl groups is 1. The minimum atomic E-state index is -0.129. The normalized spacial score (nSPS) is 14.5. The maximum Gasteiger partial charge on any atom is 0.231 e. The predicted octanol–water partition coefficient (Wildman–Crippen LogP) is 5.72. The summed E-state index contributed by atoms with van der Waals surface area (Å²) in [5.74, 6) is 0.873. The van der Waals surface area contributed by atoms with Gasteiger partial charge >= 0.3 is 0 Å². The van der Waals surface area contributed by atoms with Gasteiger partial charge in [-0.25, -0.2) is 0 Å². The molecule has 1 aliphatic rings. The first-order valence-corrected chi connectivity index (χ1v) is 10.6. The zero-order valence-electron chi connectivity index (χ0n) is 17.7. The smallest absolute Gasteiger partial charge is 0.231 e. The summed E-state index contributed by atoms with van der Waals surface area (Å²) in [6.07, 6.45) is 6.24. The van der Waals surface area contributed by atoms with E-state index in [9.17, 15) is 9.90 Å². The maximum absolute atomic E-state index is 12.9. The molecule has 3 rings (SSSR count). The monoisotopic (exact) mass is 393 g/mol. The molecule has 2 aromatic carbocycles. The van der Waals surface area contributed by atoms with Crippen molar-refractivity contribution in [1.29, 1.82) is 0 Å². The summed E-state index contributed by atoms with van der Waals surface area (Å²) >= 11 is 0. The standard InChI is InChI=1S/C25H31NO3/c1-4-6-14-26(15-7-5-2)17-21-22(27)13-12-20-24(28)23(29-25(20)21)16-19-10-8-18(3)9-11-19/h8-13,16,27H,4-7,14-15,17H2,1-3H3/b23-16+. The molecule has 1 heterocycles. The quantitative estimate of drug-likeness (QED) is 0.554. The molecule has 1 N–H and O–H groups in total. The van der Waals surface area contributed by atoms with Crippen molar-refractivity contribution in [2.45, 2.75) is 53.0 Å². The van der Waals surface area contributed by atoms with Crippen LogP contribution < -0.4 is 4.74 Å². The molecule has 0 aliphatic carbocycles. The molecular formula is C25H31NO3. The molecule has 0 fully saturated rings. The number of unbranched alkanes of at least 4 members (excludes halogenated alkanes) is 2. The lowest BCUT2D eigenvalue weighted by molar-refractivity contribution is 0.101. The van der Waals surface area contributed by atoms with Gasteiger partial charge in [0, 0.05) is 6.54 Å². The van der Waals surface area contributed by atoms with Gasteiger partial charge in [-0.2, -0.15) is 0 Å². The fraction of sp³-hybridized carbons (Fsp3) is 0.400. The van der Waals surface area contributed by atoms with E-state index in [0.29, 0.717) is 29.2 Å². The largest absolute Gasteiger partial charge is 0.507 e. The Morgan fingerprint density at radius 3 is 2.28 bits per heavy atom. The number of aryl methyl sites for hydroxylation is 1. The van der Waals surface area contributed by atoms with Gasteiger partial charge in [0.15, 0.2) is 5.76 Å². The number of hydrogen-bond donors (Lipinski definition) is 1. The molecule has 0 unspecified atom stereocenters. The zero-order chi connectivity index (χ0) is 20.8. The second-order valence-electron chi connectivity index (χ2n) is 7.77. The van der Waals surface area contributed by atoms with Gasteiger partial charge < -0.3 is 9.84 Å². The number of rotatable bonds is 9. The van der Waals surface area contributed by atoms with Crippen LogP contribution in [0.4, 0.5) is 0 Å². The van der Waals surface area contributed by atoms with E-state index in [1.165, 1.54) is 5.56 Å². The molecule has 1 aliphatic heterocycles. The highest BCUT2D eigenvalue weighted by Crippen LogP contribution is 2.40. The Bertz CT molecular complexity index is 876. The predicted molar refractivity (Wildman–Crippen MR) is 117 cm³/mol. The van der Waals surface area contributed by atoms with Crippen LogP contribution in [0.1, 0.15) is 66.6 Å². The van der Waals surface area contributed by atoms with Crippen LogP contribution >= 0.6 is 0 Å². The molecule has 0 saturated heterocycles. The summed E-state index contributed by atoms with van der Waals surface area (Å²) in [6.45, 7) is 8.92. The number of ketones is 1. The number of hydrogen-bond acceptors (Lipinski definition) is 4. The van der Waals surface area contributed by atoms with Gasteiger partial charge in [-0.3, -0.25) is 9.69 Å². The summed E-state index contributed by atoms with van der Waals surface area (Å²) < 4.78 is 6.00. The number of carbonyl (C=O) groups is 1. The first-order chi connectivity index (χ1) is 14.0. The van der Waals surface area contributed by atoms with Gasteiger partial charge in [0.25, 0.3) is 0 Å². The topological polar surface area (TPSA) is 49.8 Å². The van der Waals surface area contributed by atoms with Gasteiger partial charge in [0.05, 0.1) is 11.1 Å². The van der Waals surface area contributed by atoms with Crippen LogP contribution in [-0.2, 0) is 6.54 Å². The molecule has 0 aromatic heterocycles. The highest BCUT2D eigenvalue weighted by Gasteiger charge is 2.31. The Hall–Kier alpha value is -2.59. The fourth-order valence-corrected chi connectivity index (χ4v) is 3.52. The third kappa shape index (κ3) is 5.07. The average Bonchev–Trinajstić information content (AvgIpc) is 3.03. The molecule has 4 nitrogen and oxygen atoms in total. The highest BCUT2D eigenvalue weighted by atomic mass is 16.5. The second kappa shape index (κ2) is 9.75. The summed E-state index contributed by atoms with van der Waals surface area (Å²) in [6, 6.07) is 11.2. The number of phenolic OH excluding ortho intramolecular Hbond substituents is 1. The second-order valence-corrected chi connectivity index (χ2v) is 7.77. The van der Waals surface area contributed by atoms with E-state index in [-0.39, 0.29) is 11.5 Å². The number of Topliss-reactive ketones (excluding diaryl/α,β-unsaturated/α-hetero) is 1. The van der Waals surface area contributed by atoms with Crippen LogP contribution in [0, 0.1) is 6.92 Å². The molecule has 29 heavy (non-hydrogen) atoms. The lowest BCUT2D eigenvalue weighted by Crippen LogP contribution is -2.25. The Morgan fingerprint density at radius 1 is 1.00 bits per heavy atom. The van der Waals surface area contributed by atoms with E-state index in [0.717, 1.165) is 44.3 Å². The molecule has 2 aromatic rings. The van der Waals surface area contributed by atoms with Gasteiger partial charge in [-0.1, -0.05) is 56.5 Å². The molecule has 0 radical (unpaired) electrons. The average molecular weight is 394 g/mol. The third-order valence-electron chi connectivity index (χ3n) is 5.33. The summed E-state index contributed by atoms with van der Waals surface area (Å²) in [4.78, 5) is 15.2. The van der Waals surface area contributed by atoms with Crippen molar-refractivity contribution in [1.82, 2.24) is 4.90 Å². The molecular weight excluding hydrogens is 362 g/mol. The number of fused-ring (bicyclic) bond motifs is 1. The van der Waals surface area contributed by atoms with Crippen LogP contribution in [0.25, 0.3) is 6.08 Å². The van der Waals surface area contributed by atoms with Crippen LogP contribution in [0.5, 0.6) is 11.5 Å². The Labute approximate surface area is 173 Å². The van der Waals surface area contributed by atoms with Crippen LogP contribution in [0.2, 0.25) is 0 Å². The number of phenols is 1. The highest BCUT2D eigenvalue weighted by molar-refractivity contribution is 6.15.